The number of aliphatic hydroxyl groups excluding tert-OH is 1. The summed E-state index contributed by atoms with van der Waals surface area (Å²) in [5.41, 5.74) is 0. The van der Waals surface area contributed by atoms with Crippen molar-refractivity contribution in [2.45, 2.75) is 19.2 Å². The van der Waals surface area contributed by atoms with Gasteiger partial charge >= 0.3 is 0 Å². The quantitative estimate of drug-likeness (QED) is 0.847. The lowest BCUT2D eigenvalue weighted by Gasteiger charge is -2.35. The summed E-state index contributed by atoms with van der Waals surface area (Å²) < 4.78 is 7.16. The van der Waals surface area contributed by atoms with Gasteiger partial charge in [0.15, 0.2) is 0 Å². The molecule has 2 aromatic rings. The van der Waals surface area contributed by atoms with Crippen molar-refractivity contribution >= 4 is 0 Å². The molecule has 0 radical (unpaired) electrons. The summed E-state index contributed by atoms with van der Waals surface area (Å²) in [4.78, 5) is 4.70. The third-order valence-electron chi connectivity index (χ3n) is 3.85. The molecule has 21 heavy (non-hydrogen) atoms. The Bertz CT molecular complexity index is 504. The number of aliphatic hydroxyl groups is 1. The van der Waals surface area contributed by atoms with Crippen LogP contribution in [0.3, 0.4) is 0 Å². The lowest BCUT2D eigenvalue weighted by Crippen LogP contribution is -2.48. The van der Waals surface area contributed by atoms with Crippen LogP contribution in [-0.2, 0) is 13.1 Å². The third kappa shape index (κ3) is 4.17. The maximum atomic E-state index is 10.1. The van der Waals surface area contributed by atoms with Crippen molar-refractivity contribution in [1.82, 2.24) is 19.6 Å². The average molecular weight is 290 g/mol. The molecule has 3 heterocycles. The molecule has 0 unspecified atom stereocenters. The zero-order valence-corrected chi connectivity index (χ0v) is 12.1. The van der Waals surface area contributed by atoms with Crippen LogP contribution in [0.5, 0.6) is 0 Å². The molecule has 1 fully saturated rings. The standard InChI is InChI=1S/C15H22N4O2/c20-14(12-19-5-2-4-16-19)11-17-6-8-18(9-7-17)13-15-3-1-10-21-15/h1-5,10,14,20H,6-9,11-13H2/t14-/m1/s1. The number of nitrogens with zero attached hydrogens (tertiary/aromatic N) is 4. The van der Waals surface area contributed by atoms with Crippen molar-refractivity contribution in [3.8, 4) is 0 Å². The first-order chi connectivity index (χ1) is 10.3. The van der Waals surface area contributed by atoms with Gasteiger partial charge in [-0.05, 0) is 18.2 Å². The van der Waals surface area contributed by atoms with Crippen molar-refractivity contribution < 1.29 is 9.52 Å². The van der Waals surface area contributed by atoms with E-state index in [1.54, 1.807) is 17.1 Å². The Morgan fingerprint density at radius 1 is 1.14 bits per heavy atom. The summed E-state index contributed by atoms with van der Waals surface area (Å²) in [6.07, 6.45) is 4.96. The highest BCUT2D eigenvalue weighted by Gasteiger charge is 2.20. The Morgan fingerprint density at radius 2 is 1.95 bits per heavy atom. The minimum absolute atomic E-state index is 0.374. The van der Waals surface area contributed by atoms with E-state index in [1.807, 2.05) is 24.4 Å². The van der Waals surface area contributed by atoms with Crippen LogP contribution in [0.15, 0.2) is 41.3 Å². The molecule has 0 spiro atoms. The molecule has 1 N–H and O–H groups in total. The normalized spacial score (nSPS) is 18.9. The second kappa shape index (κ2) is 6.89. The largest absolute Gasteiger partial charge is 0.468 e. The number of rotatable bonds is 6. The number of hydrogen-bond acceptors (Lipinski definition) is 5. The zero-order chi connectivity index (χ0) is 14.5. The van der Waals surface area contributed by atoms with Gasteiger partial charge in [0.25, 0.3) is 0 Å². The number of aromatic nitrogens is 2. The number of furan rings is 1. The lowest BCUT2D eigenvalue weighted by atomic mass is 10.2. The Hall–Kier alpha value is -1.63. The van der Waals surface area contributed by atoms with Crippen molar-refractivity contribution in [3.63, 3.8) is 0 Å². The third-order valence-corrected chi connectivity index (χ3v) is 3.85. The number of β-amino-alcohol motifs (C(OH)–C–C–N with tert-alkyl or cyclic N) is 1. The van der Waals surface area contributed by atoms with Crippen molar-refractivity contribution in [1.29, 1.82) is 0 Å². The molecule has 2 aromatic heterocycles. The van der Waals surface area contributed by atoms with Crippen molar-refractivity contribution in [3.05, 3.63) is 42.6 Å². The van der Waals surface area contributed by atoms with Crippen LogP contribution in [-0.4, -0.2) is 63.5 Å². The SMILES string of the molecule is O[C@H](CN1CCN(Cc2ccco2)CC1)Cn1cccn1. The van der Waals surface area contributed by atoms with E-state index in [1.165, 1.54) is 0 Å². The van der Waals surface area contributed by atoms with E-state index < -0.39 is 0 Å². The molecule has 1 atom stereocenters. The van der Waals surface area contributed by atoms with E-state index in [4.69, 9.17) is 4.42 Å². The molecule has 0 saturated carbocycles. The fourth-order valence-corrected chi connectivity index (χ4v) is 2.73. The summed E-state index contributed by atoms with van der Waals surface area (Å²) in [7, 11) is 0. The molecule has 0 aromatic carbocycles. The van der Waals surface area contributed by atoms with E-state index in [9.17, 15) is 5.11 Å². The summed E-state index contributed by atoms with van der Waals surface area (Å²) >= 11 is 0. The number of piperazine rings is 1. The highest BCUT2D eigenvalue weighted by Crippen LogP contribution is 2.09. The lowest BCUT2D eigenvalue weighted by molar-refractivity contribution is 0.0586. The van der Waals surface area contributed by atoms with Crippen LogP contribution < -0.4 is 0 Å². The van der Waals surface area contributed by atoms with Gasteiger partial charge < -0.3 is 9.52 Å². The van der Waals surface area contributed by atoms with Crippen molar-refractivity contribution in [2.24, 2.45) is 0 Å². The molecule has 1 aliphatic rings. The van der Waals surface area contributed by atoms with Gasteiger partial charge in [-0.2, -0.15) is 5.10 Å². The second-order valence-electron chi connectivity index (χ2n) is 5.54. The smallest absolute Gasteiger partial charge is 0.117 e. The molecule has 3 rings (SSSR count). The minimum atomic E-state index is -0.374. The number of hydrogen-bond donors (Lipinski definition) is 1. The average Bonchev–Trinajstić information content (AvgIpc) is 3.14. The first kappa shape index (κ1) is 14.3. The zero-order valence-electron chi connectivity index (χ0n) is 12.1. The van der Waals surface area contributed by atoms with E-state index in [-0.39, 0.29) is 6.10 Å². The Labute approximate surface area is 124 Å². The van der Waals surface area contributed by atoms with Crippen LogP contribution in [0, 0.1) is 0 Å². The molecular formula is C15H22N4O2. The van der Waals surface area contributed by atoms with Crippen LogP contribution in [0.2, 0.25) is 0 Å². The maximum absolute atomic E-state index is 10.1. The molecular weight excluding hydrogens is 268 g/mol. The van der Waals surface area contributed by atoms with Crippen molar-refractivity contribution in [2.75, 3.05) is 32.7 Å². The summed E-state index contributed by atoms with van der Waals surface area (Å²) in [5, 5.41) is 14.2. The second-order valence-corrected chi connectivity index (χ2v) is 5.54. The summed E-state index contributed by atoms with van der Waals surface area (Å²) in [6, 6.07) is 5.82. The fourth-order valence-electron chi connectivity index (χ4n) is 2.73. The van der Waals surface area contributed by atoms with Gasteiger partial charge in [-0.3, -0.25) is 14.5 Å². The van der Waals surface area contributed by atoms with Gasteiger partial charge in [-0.1, -0.05) is 0 Å². The summed E-state index contributed by atoms with van der Waals surface area (Å²) in [6.45, 7) is 6.11. The monoisotopic (exact) mass is 290 g/mol. The molecule has 0 bridgehead atoms. The maximum Gasteiger partial charge on any atom is 0.117 e. The first-order valence-electron chi connectivity index (χ1n) is 7.42. The van der Waals surface area contributed by atoms with Crippen LogP contribution in [0.4, 0.5) is 0 Å². The Morgan fingerprint density at radius 3 is 2.62 bits per heavy atom. The highest BCUT2D eigenvalue weighted by molar-refractivity contribution is 4.98. The van der Waals surface area contributed by atoms with E-state index in [0.717, 1.165) is 38.5 Å². The minimum Gasteiger partial charge on any atom is -0.468 e. The van der Waals surface area contributed by atoms with E-state index in [0.29, 0.717) is 13.1 Å². The Balaban J connectivity index is 1.39. The van der Waals surface area contributed by atoms with Crippen LogP contribution in [0.25, 0.3) is 0 Å². The van der Waals surface area contributed by atoms with Gasteiger partial charge in [-0.15, -0.1) is 0 Å². The van der Waals surface area contributed by atoms with Gasteiger partial charge in [0.2, 0.25) is 0 Å². The van der Waals surface area contributed by atoms with E-state index in [2.05, 4.69) is 14.9 Å². The first-order valence-corrected chi connectivity index (χ1v) is 7.42. The summed E-state index contributed by atoms with van der Waals surface area (Å²) in [5.74, 6) is 1.02. The molecule has 0 aliphatic carbocycles. The van der Waals surface area contributed by atoms with Gasteiger partial charge in [0.1, 0.15) is 5.76 Å². The molecule has 6 nitrogen and oxygen atoms in total. The fraction of sp³-hybridized carbons (Fsp3) is 0.533. The highest BCUT2D eigenvalue weighted by atomic mass is 16.3. The molecule has 0 amide bonds. The van der Waals surface area contributed by atoms with Gasteiger partial charge in [0.05, 0.1) is 25.5 Å². The molecule has 1 aliphatic heterocycles. The topological polar surface area (TPSA) is 57.7 Å². The molecule has 1 saturated heterocycles. The van der Waals surface area contributed by atoms with Crippen LogP contribution in [0.1, 0.15) is 5.76 Å². The van der Waals surface area contributed by atoms with Gasteiger partial charge in [-0.25, -0.2) is 0 Å². The molecule has 114 valence electrons. The van der Waals surface area contributed by atoms with Crippen LogP contribution >= 0.6 is 0 Å². The predicted molar refractivity (Wildman–Crippen MR) is 78.7 cm³/mol. The predicted octanol–water partition coefficient (Wildman–Crippen LogP) is 0.655. The van der Waals surface area contributed by atoms with E-state index >= 15 is 0 Å². The molecule has 6 heteroatoms. The van der Waals surface area contributed by atoms with Gasteiger partial charge in [0, 0.05) is 45.1 Å². The Kier molecular flexibility index (Phi) is 4.69.